The van der Waals surface area contributed by atoms with Crippen molar-refractivity contribution in [1.82, 2.24) is 20.0 Å². The highest BCUT2D eigenvalue weighted by Crippen LogP contribution is 2.25. The van der Waals surface area contributed by atoms with Crippen molar-refractivity contribution in [1.29, 1.82) is 0 Å². The van der Waals surface area contributed by atoms with E-state index in [0.29, 0.717) is 29.6 Å². The number of anilines is 1. The molecule has 1 amide bonds. The third-order valence-electron chi connectivity index (χ3n) is 4.89. The molecule has 0 radical (unpaired) electrons. The number of nitrogens with one attached hydrogen (secondary N) is 1. The summed E-state index contributed by atoms with van der Waals surface area (Å²) in [6.07, 6.45) is 0. The first-order valence-electron chi connectivity index (χ1n) is 9.42. The standard InChI is InChI=1S/C22H20FN5O2/c1-13-8-4-5-9-16(13)22-25-19(15(3)30-22)12-28-14(2)20(26-27-28)21(29)24-18-11-7-6-10-17(18)23/h4-11H,12H2,1-3H3,(H,24,29). The van der Waals surface area contributed by atoms with E-state index in [2.05, 4.69) is 20.6 Å². The molecule has 0 bridgehead atoms. The summed E-state index contributed by atoms with van der Waals surface area (Å²) in [5.74, 6) is 0.163. The van der Waals surface area contributed by atoms with Crippen molar-refractivity contribution >= 4 is 11.6 Å². The zero-order chi connectivity index (χ0) is 21.3. The number of benzene rings is 2. The van der Waals surface area contributed by atoms with Gasteiger partial charge in [-0.05, 0) is 44.5 Å². The molecular formula is C22H20FN5O2. The summed E-state index contributed by atoms with van der Waals surface area (Å²) in [6, 6.07) is 13.8. The number of para-hydroxylation sites is 1. The Labute approximate surface area is 172 Å². The molecule has 0 aliphatic rings. The Morgan fingerprint density at radius 1 is 1.10 bits per heavy atom. The molecule has 1 N–H and O–H groups in total. The fourth-order valence-electron chi connectivity index (χ4n) is 3.11. The molecule has 0 aliphatic heterocycles. The van der Waals surface area contributed by atoms with Crippen LogP contribution in [-0.2, 0) is 6.54 Å². The Morgan fingerprint density at radius 3 is 2.60 bits per heavy atom. The summed E-state index contributed by atoms with van der Waals surface area (Å²) in [5.41, 5.74) is 3.44. The summed E-state index contributed by atoms with van der Waals surface area (Å²) < 4.78 is 21.2. The van der Waals surface area contributed by atoms with Gasteiger partial charge in [0.25, 0.3) is 5.91 Å². The predicted octanol–water partition coefficient (Wildman–Crippen LogP) is 4.30. The van der Waals surface area contributed by atoms with Crippen molar-refractivity contribution in [2.24, 2.45) is 0 Å². The normalized spacial score (nSPS) is 10.9. The molecule has 2 aromatic carbocycles. The molecule has 0 atom stereocenters. The highest BCUT2D eigenvalue weighted by Gasteiger charge is 2.20. The van der Waals surface area contributed by atoms with Crippen LogP contribution in [-0.4, -0.2) is 25.9 Å². The third-order valence-corrected chi connectivity index (χ3v) is 4.89. The SMILES string of the molecule is Cc1ccccc1-c1nc(Cn2nnc(C(=O)Nc3ccccc3F)c2C)c(C)o1. The molecule has 0 aliphatic carbocycles. The maximum atomic E-state index is 13.8. The van der Waals surface area contributed by atoms with Crippen LogP contribution < -0.4 is 5.32 Å². The maximum absolute atomic E-state index is 13.8. The number of amides is 1. The van der Waals surface area contributed by atoms with Crippen LogP contribution in [0.2, 0.25) is 0 Å². The first-order valence-corrected chi connectivity index (χ1v) is 9.42. The van der Waals surface area contributed by atoms with Crippen molar-refractivity contribution in [3.8, 4) is 11.5 Å². The fraction of sp³-hybridized carbons (Fsp3) is 0.182. The number of carbonyl (C=O) groups excluding carboxylic acids is 1. The monoisotopic (exact) mass is 405 g/mol. The van der Waals surface area contributed by atoms with Crippen LogP contribution in [0.15, 0.2) is 52.9 Å². The summed E-state index contributed by atoms with van der Waals surface area (Å²) in [5, 5.41) is 10.6. The van der Waals surface area contributed by atoms with Crippen molar-refractivity contribution in [2.75, 3.05) is 5.32 Å². The largest absolute Gasteiger partial charge is 0.441 e. The molecule has 152 valence electrons. The second kappa shape index (κ2) is 7.90. The van der Waals surface area contributed by atoms with Crippen molar-refractivity contribution < 1.29 is 13.6 Å². The van der Waals surface area contributed by atoms with Crippen LogP contribution in [0, 0.1) is 26.6 Å². The molecular weight excluding hydrogens is 385 g/mol. The van der Waals surface area contributed by atoms with E-state index in [4.69, 9.17) is 4.42 Å². The van der Waals surface area contributed by atoms with E-state index >= 15 is 0 Å². The summed E-state index contributed by atoms with van der Waals surface area (Å²) in [6.45, 7) is 5.86. The smallest absolute Gasteiger partial charge is 0.278 e. The van der Waals surface area contributed by atoms with E-state index in [1.54, 1.807) is 23.7 Å². The summed E-state index contributed by atoms with van der Waals surface area (Å²) in [4.78, 5) is 17.1. The second-order valence-corrected chi connectivity index (χ2v) is 6.95. The Balaban J connectivity index is 1.56. The van der Waals surface area contributed by atoms with Gasteiger partial charge in [0, 0.05) is 5.56 Å². The molecule has 0 unspecified atom stereocenters. The van der Waals surface area contributed by atoms with Gasteiger partial charge in [-0.2, -0.15) is 0 Å². The number of halogens is 1. The first-order chi connectivity index (χ1) is 14.4. The Hall–Kier alpha value is -3.81. The molecule has 0 fully saturated rings. The molecule has 4 aromatic rings. The number of carbonyl (C=O) groups is 1. The van der Waals surface area contributed by atoms with Gasteiger partial charge in [-0.25, -0.2) is 14.1 Å². The molecule has 0 saturated carbocycles. The highest BCUT2D eigenvalue weighted by atomic mass is 19.1. The summed E-state index contributed by atoms with van der Waals surface area (Å²) >= 11 is 0. The minimum atomic E-state index is -0.527. The molecule has 2 heterocycles. The third kappa shape index (κ3) is 3.71. The van der Waals surface area contributed by atoms with Crippen LogP contribution in [0.1, 0.15) is 33.2 Å². The van der Waals surface area contributed by atoms with Crippen LogP contribution >= 0.6 is 0 Å². The van der Waals surface area contributed by atoms with Gasteiger partial charge in [0.15, 0.2) is 5.69 Å². The molecule has 0 saturated heterocycles. The number of hydrogen-bond acceptors (Lipinski definition) is 5. The van der Waals surface area contributed by atoms with E-state index in [1.165, 1.54) is 12.1 Å². The van der Waals surface area contributed by atoms with Crippen LogP contribution in [0.4, 0.5) is 10.1 Å². The number of aromatic nitrogens is 4. The zero-order valence-corrected chi connectivity index (χ0v) is 16.8. The summed E-state index contributed by atoms with van der Waals surface area (Å²) in [7, 11) is 0. The molecule has 8 heteroatoms. The quantitative estimate of drug-likeness (QED) is 0.535. The van der Waals surface area contributed by atoms with Gasteiger partial charge in [0.2, 0.25) is 5.89 Å². The topological polar surface area (TPSA) is 85.8 Å². The Kier molecular flexibility index (Phi) is 5.14. The first kappa shape index (κ1) is 19.5. The molecule has 4 rings (SSSR count). The lowest BCUT2D eigenvalue weighted by atomic mass is 10.1. The maximum Gasteiger partial charge on any atom is 0.278 e. The Bertz CT molecular complexity index is 1230. The van der Waals surface area contributed by atoms with Gasteiger partial charge in [0.1, 0.15) is 17.3 Å². The number of hydrogen-bond donors (Lipinski definition) is 1. The van der Waals surface area contributed by atoms with Gasteiger partial charge >= 0.3 is 0 Å². The van der Waals surface area contributed by atoms with E-state index in [-0.39, 0.29) is 11.4 Å². The minimum absolute atomic E-state index is 0.0895. The molecule has 30 heavy (non-hydrogen) atoms. The second-order valence-electron chi connectivity index (χ2n) is 6.95. The number of nitrogens with zero attached hydrogens (tertiary/aromatic N) is 4. The number of rotatable bonds is 5. The number of oxazole rings is 1. The van der Waals surface area contributed by atoms with Crippen LogP contribution in [0.5, 0.6) is 0 Å². The van der Waals surface area contributed by atoms with E-state index in [0.717, 1.165) is 11.1 Å². The predicted molar refractivity (Wildman–Crippen MR) is 110 cm³/mol. The molecule has 0 spiro atoms. The fourth-order valence-corrected chi connectivity index (χ4v) is 3.11. The molecule has 7 nitrogen and oxygen atoms in total. The lowest BCUT2D eigenvalue weighted by Crippen LogP contribution is -2.15. The Morgan fingerprint density at radius 2 is 1.83 bits per heavy atom. The highest BCUT2D eigenvalue weighted by molar-refractivity contribution is 6.03. The van der Waals surface area contributed by atoms with Gasteiger partial charge in [-0.15, -0.1) is 5.10 Å². The van der Waals surface area contributed by atoms with Crippen LogP contribution in [0.3, 0.4) is 0 Å². The lowest BCUT2D eigenvalue weighted by Gasteiger charge is -2.05. The zero-order valence-electron chi connectivity index (χ0n) is 16.8. The van der Waals surface area contributed by atoms with E-state index in [9.17, 15) is 9.18 Å². The van der Waals surface area contributed by atoms with Crippen molar-refractivity contribution in [2.45, 2.75) is 27.3 Å². The lowest BCUT2D eigenvalue weighted by molar-refractivity contribution is 0.102. The van der Waals surface area contributed by atoms with E-state index < -0.39 is 11.7 Å². The average Bonchev–Trinajstić information content (AvgIpc) is 3.27. The van der Waals surface area contributed by atoms with Gasteiger partial charge in [-0.3, -0.25) is 4.79 Å². The number of aryl methyl sites for hydroxylation is 2. The minimum Gasteiger partial charge on any atom is -0.441 e. The van der Waals surface area contributed by atoms with Crippen molar-refractivity contribution in [3.05, 3.63) is 82.8 Å². The molecule has 2 aromatic heterocycles. The van der Waals surface area contributed by atoms with Crippen molar-refractivity contribution in [3.63, 3.8) is 0 Å². The van der Waals surface area contributed by atoms with Gasteiger partial charge in [0.05, 0.1) is 17.9 Å². The van der Waals surface area contributed by atoms with Crippen LogP contribution in [0.25, 0.3) is 11.5 Å². The van der Waals surface area contributed by atoms with Gasteiger partial charge < -0.3 is 9.73 Å². The van der Waals surface area contributed by atoms with Gasteiger partial charge in [-0.1, -0.05) is 35.5 Å². The van der Waals surface area contributed by atoms with E-state index in [1.807, 2.05) is 38.1 Å². The average molecular weight is 405 g/mol.